The first kappa shape index (κ1) is 16.4. The first-order valence-electron chi connectivity index (χ1n) is 6.39. The molecule has 2 rings (SSSR count). The quantitative estimate of drug-likeness (QED) is 0.476. The van der Waals surface area contributed by atoms with Crippen LogP contribution in [0.4, 0.5) is 9.52 Å². The molecule has 8 heteroatoms. The van der Waals surface area contributed by atoms with Gasteiger partial charge in [-0.3, -0.25) is 10.1 Å². The van der Waals surface area contributed by atoms with Gasteiger partial charge in [-0.2, -0.15) is 0 Å². The maximum Gasteiger partial charge on any atom is 0.266 e. The van der Waals surface area contributed by atoms with E-state index in [0.717, 1.165) is 10.1 Å². The first-order chi connectivity index (χ1) is 10.6. The second-order valence-corrected chi connectivity index (χ2v) is 6.42. The summed E-state index contributed by atoms with van der Waals surface area (Å²) in [5.74, 6) is 0.444. The molecule has 22 heavy (non-hydrogen) atoms. The van der Waals surface area contributed by atoms with E-state index in [1.165, 1.54) is 47.4 Å². The van der Waals surface area contributed by atoms with E-state index >= 15 is 0 Å². The van der Waals surface area contributed by atoms with Gasteiger partial charge in [0.05, 0.1) is 0 Å². The fourth-order valence-electron chi connectivity index (χ4n) is 1.43. The summed E-state index contributed by atoms with van der Waals surface area (Å²) >= 11 is 2.77. The molecule has 0 fully saturated rings. The van der Waals surface area contributed by atoms with Crippen molar-refractivity contribution < 1.29 is 13.9 Å². The number of rotatable bonds is 7. The summed E-state index contributed by atoms with van der Waals surface area (Å²) < 4.78 is 19.0. The minimum atomic E-state index is -0.737. The summed E-state index contributed by atoms with van der Waals surface area (Å²) in [6.07, 6.45) is 1.03. The molecule has 0 spiro atoms. The molecular weight excluding hydrogens is 325 g/mol. The standard InChI is InChI=1S/C14H14FN3O2S2/c1-3-8-21-14-18-17-13(22-14)16-12(19)9(2)20-11-6-4-10(15)5-7-11/h3-7,9H,1,8H2,2H3,(H,16,17,19). The van der Waals surface area contributed by atoms with Crippen molar-refractivity contribution in [3.05, 3.63) is 42.7 Å². The number of nitrogens with one attached hydrogen (secondary N) is 1. The van der Waals surface area contributed by atoms with Crippen LogP contribution < -0.4 is 10.1 Å². The predicted octanol–water partition coefficient (Wildman–Crippen LogP) is 3.36. The lowest BCUT2D eigenvalue weighted by atomic mass is 10.3. The van der Waals surface area contributed by atoms with Crippen molar-refractivity contribution >= 4 is 34.1 Å². The fraction of sp³-hybridized carbons (Fsp3) is 0.214. The number of aromatic nitrogens is 2. The lowest BCUT2D eigenvalue weighted by molar-refractivity contribution is -0.122. The Morgan fingerprint density at radius 3 is 2.91 bits per heavy atom. The Bertz CT molecular complexity index is 646. The summed E-state index contributed by atoms with van der Waals surface area (Å²) in [5.41, 5.74) is 0. The van der Waals surface area contributed by atoms with E-state index in [1.54, 1.807) is 13.0 Å². The Hall–Kier alpha value is -1.93. The van der Waals surface area contributed by atoms with Gasteiger partial charge < -0.3 is 4.74 Å². The van der Waals surface area contributed by atoms with Gasteiger partial charge in [-0.15, -0.1) is 16.8 Å². The van der Waals surface area contributed by atoms with E-state index in [0.29, 0.717) is 10.9 Å². The van der Waals surface area contributed by atoms with Crippen molar-refractivity contribution in [3.63, 3.8) is 0 Å². The lowest BCUT2D eigenvalue weighted by Crippen LogP contribution is -2.30. The number of hydrogen-bond acceptors (Lipinski definition) is 6. The van der Waals surface area contributed by atoms with Gasteiger partial charge in [-0.25, -0.2) is 4.39 Å². The average molecular weight is 339 g/mol. The second kappa shape index (κ2) is 7.90. The Balaban J connectivity index is 1.89. The molecular formula is C14H14FN3O2S2. The Labute approximate surface area is 135 Å². The van der Waals surface area contributed by atoms with Crippen molar-refractivity contribution in [1.82, 2.24) is 10.2 Å². The Morgan fingerprint density at radius 2 is 2.23 bits per heavy atom. The normalized spacial score (nSPS) is 11.7. The van der Waals surface area contributed by atoms with Crippen LogP contribution in [0.5, 0.6) is 5.75 Å². The number of halogens is 1. The number of anilines is 1. The van der Waals surface area contributed by atoms with Gasteiger partial charge in [-0.05, 0) is 31.2 Å². The third kappa shape index (κ3) is 4.81. The third-order valence-corrected chi connectivity index (χ3v) is 4.42. The molecule has 1 aromatic heterocycles. The van der Waals surface area contributed by atoms with E-state index in [9.17, 15) is 9.18 Å². The molecule has 0 aliphatic rings. The Morgan fingerprint density at radius 1 is 1.50 bits per heavy atom. The molecule has 1 aromatic carbocycles. The smallest absolute Gasteiger partial charge is 0.266 e. The van der Waals surface area contributed by atoms with Crippen LogP contribution in [0.15, 0.2) is 41.3 Å². The molecule has 0 saturated carbocycles. The third-order valence-electron chi connectivity index (χ3n) is 2.46. The zero-order valence-electron chi connectivity index (χ0n) is 11.8. The molecule has 0 bridgehead atoms. The maximum absolute atomic E-state index is 12.8. The summed E-state index contributed by atoms with van der Waals surface area (Å²) in [5, 5.41) is 10.9. The number of benzene rings is 1. The van der Waals surface area contributed by atoms with Gasteiger partial charge in [0.1, 0.15) is 11.6 Å². The summed E-state index contributed by atoms with van der Waals surface area (Å²) in [6.45, 7) is 5.23. The Kier molecular flexibility index (Phi) is 5.91. The van der Waals surface area contributed by atoms with Crippen LogP contribution in [0, 0.1) is 5.82 Å². The van der Waals surface area contributed by atoms with Crippen LogP contribution in [0.1, 0.15) is 6.92 Å². The van der Waals surface area contributed by atoms with Crippen molar-refractivity contribution in [2.45, 2.75) is 17.4 Å². The minimum Gasteiger partial charge on any atom is -0.481 e. The SMILES string of the molecule is C=CCSc1nnc(NC(=O)C(C)Oc2ccc(F)cc2)s1. The summed E-state index contributed by atoms with van der Waals surface area (Å²) in [4.78, 5) is 12.0. The largest absolute Gasteiger partial charge is 0.481 e. The van der Waals surface area contributed by atoms with E-state index in [1.807, 2.05) is 0 Å². The molecule has 1 heterocycles. The van der Waals surface area contributed by atoms with Crippen molar-refractivity contribution in [2.24, 2.45) is 0 Å². The molecule has 5 nitrogen and oxygen atoms in total. The summed E-state index contributed by atoms with van der Waals surface area (Å²) in [7, 11) is 0. The average Bonchev–Trinajstić information content (AvgIpc) is 2.95. The molecule has 1 unspecified atom stereocenters. The van der Waals surface area contributed by atoms with Gasteiger partial charge in [0.25, 0.3) is 5.91 Å². The highest BCUT2D eigenvalue weighted by Crippen LogP contribution is 2.25. The molecule has 1 amide bonds. The molecule has 1 atom stereocenters. The molecule has 1 N–H and O–H groups in total. The zero-order valence-corrected chi connectivity index (χ0v) is 13.4. The molecule has 0 aliphatic heterocycles. The predicted molar refractivity (Wildman–Crippen MR) is 85.9 cm³/mol. The van der Waals surface area contributed by atoms with Crippen molar-refractivity contribution in [2.75, 3.05) is 11.1 Å². The molecule has 0 saturated heterocycles. The number of carbonyl (C=O) groups is 1. The van der Waals surface area contributed by atoms with E-state index in [-0.39, 0.29) is 11.7 Å². The van der Waals surface area contributed by atoms with Crippen molar-refractivity contribution in [1.29, 1.82) is 0 Å². The monoisotopic (exact) mass is 339 g/mol. The van der Waals surface area contributed by atoms with Crippen LogP contribution in [-0.2, 0) is 4.79 Å². The second-order valence-electron chi connectivity index (χ2n) is 4.18. The van der Waals surface area contributed by atoms with Gasteiger partial charge >= 0.3 is 0 Å². The topological polar surface area (TPSA) is 64.1 Å². The first-order valence-corrected chi connectivity index (χ1v) is 8.19. The van der Waals surface area contributed by atoms with Gasteiger partial charge in [0.15, 0.2) is 10.4 Å². The summed E-state index contributed by atoms with van der Waals surface area (Å²) in [6, 6.07) is 5.48. The van der Waals surface area contributed by atoms with E-state index < -0.39 is 6.10 Å². The van der Waals surface area contributed by atoms with Crippen LogP contribution in [-0.4, -0.2) is 28.0 Å². The van der Waals surface area contributed by atoms with E-state index in [2.05, 4.69) is 22.1 Å². The van der Waals surface area contributed by atoms with Gasteiger partial charge in [-0.1, -0.05) is 29.2 Å². The zero-order chi connectivity index (χ0) is 15.9. The number of hydrogen-bond donors (Lipinski definition) is 1. The van der Waals surface area contributed by atoms with Crippen LogP contribution in [0.25, 0.3) is 0 Å². The van der Waals surface area contributed by atoms with Crippen LogP contribution in [0.3, 0.4) is 0 Å². The number of nitrogens with zero attached hydrogens (tertiary/aromatic N) is 2. The molecule has 0 aliphatic carbocycles. The lowest BCUT2D eigenvalue weighted by Gasteiger charge is -2.13. The molecule has 2 aromatic rings. The number of amides is 1. The number of thioether (sulfide) groups is 1. The van der Waals surface area contributed by atoms with Gasteiger partial charge in [0, 0.05) is 5.75 Å². The highest BCUT2D eigenvalue weighted by atomic mass is 32.2. The van der Waals surface area contributed by atoms with Crippen LogP contribution >= 0.6 is 23.1 Å². The molecule has 0 radical (unpaired) electrons. The highest BCUT2D eigenvalue weighted by molar-refractivity contribution is 8.01. The van der Waals surface area contributed by atoms with Gasteiger partial charge in [0.2, 0.25) is 5.13 Å². The van der Waals surface area contributed by atoms with Crippen molar-refractivity contribution in [3.8, 4) is 5.75 Å². The highest BCUT2D eigenvalue weighted by Gasteiger charge is 2.17. The number of carbonyl (C=O) groups excluding carboxylic acids is 1. The minimum absolute atomic E-state index is 0.347. The van der Waals surface area contributed by atoms with Crippen LogP contribution in [0.2, 0.25) is 0 Å². The number of ether oxygens (including phenoxy) is 1. The maximum atomic E-state index is 12.8. The fourth-order valence-corrected chi connectivity index (χ4v) is 2.94. The molecule has 116 valence electrons. The van der Waals surface area contributed by atoms with E-state index in [4.69, 9.17) is 4.74 Å².